The first-order chi connectivity index (χ1) is 13.5. The first-order valence-corrected chi connectivity index (χ1v) is 10.1. The van der Waals surface area contributed by atoms with Crippen molar-refractivity contribution >= 4 is 11.6 Å². The molecule has 5 heteroatoms. The maximum absolute atomic E-state index is 13.9. The van der Waals surface area contributed by atoms with Gasteiger partial charge < -0.3 is 4.90 Å². The molecular formula is C23H28F2N2O. The lowest BCUT2D eigenvalue weighted by Gasteiger charge is -2.38. The number of amides is 1. The molecule has 1 aliphatic heterocycles. The number of benzene rings is 2. The summed E-state index contributed by atoms with van der Waals surface area (Å²) in [5, 5.41) is 0. The Morgan fingerprint density at radius 1 is 1.04 bits per heavy atom. The van der Waals surface area contributed by atoms with Crippen molar-refractivity contribution in [3.05, 3.63) is 65.2 Å². The summed E-state index contributed by atoms with van der Waals surface area (Å²) in [7, 11) is 0. The van der Waals surface area contributed by atoms with Gasteiger partial charge in [0.25, 0.3) is 0 Å². The normalized spacial score (nSPS) is 15.6. The van der Waals surface area contributed by atoms with Crippen molar-refractivity contribution in [2.24, 2.45) is 0 Å². The summed E-state index contributed by atoms with van der Waals surface area (Å²) >= 11 is 0. The molecule has 0 bridgehead atoms. The van der Waals surface area contributed by atoms with Crippen LogP contribution >= 0.6 is 0 Å². The van der Waals surface area contributed by atoms with Crippen molar-refractivity contribution in [3.63, 3.8) is 0 Å². The molecule has 0 unspecified atom stereocenters. The second kappa shape index (κ2) is 9.28. The highest BCUT2D eigenvalue weighted by atomic mass is 19.1. The van der Waals surface area contributed by atoms with E-state index < -0.39 is 11.6 Å². The Kier molecular flexibility index (Phi) is 6.79. The van der Waals surface area contributed by atoms with Crippen LogP contribution in [0.4, 0.5) is 14.5 Å². The SMILES string of the molecule is CCC(=O)N(c1ccc(CC)cc1)C1CCN(Cc2c(F)cccc2F)CC1. The van der Waals surface area contributed by atoms with E-state index in [1.165, 1.54) is 23.8 Å². The highest BCUT2D eigenvalue weighted by Crippen LogP contribution is 2.26. The van der Waals surface area contributed by atoms with Crippen molar-refractivity contribution in [3.8, 4) is 0 Å². The molecule has 2 aromatic carbocycles. The molecule has 0 saturated carbocycles. The van der Waals surface area contributed by atoms with Crippen LogP contribution in [0.25, 0.3) is 0 Å². The van der Waals surface area contributed by atoms with Crippen LogP contribution in [0.3, 0.4) is 0 Å². The van der Waals surface area contributed by atoms with Crippen molar-refractivity contribution in [2.45, 2.75) is 52.1 Å². The fourth-order valence-electron chi connectivity index (χ4n) is 3.86. The quantitative estimate of drug-likeness (QED) is 0.702. The molecule has 0 radical (unpaired) electrons. The maximum Gasteiger partial charge on any atom is 0.226 e. The summed E-state index contributed by atoms with van der Waals surface area (Å²) < 4.78 is 27.9. The summed E-state index contributed by atoms with van der Waals surface area (Å²) in [5.41, 5.74) is 2.30. The van der Waals surface area contributed by atoms with Gasteiger partial charge in [0, 0.05) is 43.3 Å². The molecule has 0 atom stereocenters. The van der Waals surface area contributed by atoms with E-state index in [-0.39, 0.29) is 24.1 Å². The number of likely N-dealkylation sites (tertiary alicyclic amines) is 1. The topological polar surface area (TPSA) is 23.6 Å². The lowest BCUT2D eigenvalue weighted by molar-refractivity contribution is -0.119. The number of hydrogen-bond acceptors (Lipinski definition) is 2. The van der Waals surface area contributed by atoms with Gasteiger partial charge in [0.1, 0.15) is 11.6 Å². The van der Waals surface area contributed by atoms with Crippen LogP contribution in [0, 0.1) is 11.6 Å². The van der Waals surface area contributed by atoms with Crippen LogP contribution in [0.2, 0.25) is 0 Å². The Bertz CT molecular complexity index is 778. The van der Waals surface area contributed by atoms with Gasteiger partial charge in [0.05, 0.1) is 0 Å². The molecular weight excluding hydrogens is 358 g/mol. The second-order valence-electron chi connectivity index (χ2n) is 7.34. The highest BCUT2D eigenvalue weighted by Gasteiger charge is 2.29. The second-order valence-corrected chi connectivity index (χ2v) is 7.34. The van der Waals surface area contributed by atoms with Gasteiger partial charge in [-0.15, -0.1) is 0 Å². The van der Waals surface area contributed by atoms with Gasteiger partial charge >= 0.3 is 0 Å². The van der Waals surface area contributed by atoms with E-state index in [1.807, 2.05) is 24.0 Å². The Labute approximate surface area is 166 Å². The molecule has 0 aromatic heterocycles. The van der Waals surface area contributed by atoms with Gasteiger partial charge in [0.2, 0.25) is 5.91 Å². The molecule has 2 aromatic rings. The molecule has 1 saturated heterocycles. The largest absolute Gasteiger partial charge is 0.309 e. The third-order valence-corrected chi connectivity index (χ3v) is 5.56. The highest BCUT2D eigenvalue weighted by molar-refractivity contribution is 5.93. The smallest absolute Gasteiger partial charge is 0.226 e. The van der Waals surface area contributed by atoms with E-state index >= 15 is 0 Å². The first kappa shape index (κ1) is 20.5. The molecule has 1 heterocycles. The lowest BCUT2D eigenvalue weighted by Crippen LogP contribution is -2.47. The summed E-state index contributed by atoms with van der Waals surface area (Å²) in [4.78, 5) is 16.6. The van der Waals surface area contributed by atoms with Gasteiger partial charge in [-0.3, -0.25) is 9.69 Å². The lowest BCUT2D eigenvalue weighted by atomic mass is 10.0. The van der Waals surface area contributed by atoms with E-state index in [1.54, 1.807) is 0 Å². The molecule has 28 heavy (non-hydrogen) atoms. The van der Waals surface area contributed by atoms with Crippen molar-refractivity contribution in [1.82, 2.24) is 4.90 Å². The van der Waals surface area contributed by atoms with Crippen LogP contribution in [0.5, 0.6) is 0 Å². The Hall–Kier alpha value is -2.27. The molecule has 1 amide bonds. The van der Waals surface area contributed by atoms with E-state index in [4.69, 9.17) is 0 Å². The molecule has 1 aliphatic rings. The van der Waals surface area contributed by atoms with Crippen LogP contribution in [0.1, 0.15) is 44.2 Å². The van der Waals surface area contributed by atoms with Crippen molar-refractivity contribution < 1.29 is 13.6 Å². The molecule has 1 fully saturated rings. The molecule has 0 spiro atoms. The van der Waals surface area contributed by atoms with Crippen molar-refractivity contribution in [1.29, 1.82) is 0 Å². The maximum atomic E-state index is 13.9. The van der Waals surface area contributed by atoms with Gasteiger partial charge in [-0.05, 0) is 49.1 Å². The Balaban J connectivity index is 1.69. The summed E-state index contributed by atoms with van der Waals surface area (Å²) in [5.74, 6) is -0.885. The monoisotopic (exact) mass is 386 g/mol. The average Bonchev–Trinajstić information content (AvgIpc) is 2.72. The van der Waals surface area contributed by atoms with Gasteiger partial charge in [0.15, 0.2) is 0 Å². The number of halogens is 2. The molecule has 3 rings (SSSR count). The van der Waals surface area contributed by atoms with E-state index in [9.17, 15) is 13.6 Å². The predicted octanol–water partition coefficient (Wildman–Crippen LogP) is 4.93. The fraction of sp³-hybridized carbons (Fsp3) is 0.435. The number of piperidine rings is 1. The van der Waals surface area contributed by atoms with Gasteiger partial charge in [-0.2, -0.15) is 0 Å². The number of rotatable bonds is 6. The van der Waals surface area contributed by atoms with Gasteiger partial charge in [-0.1, -0.05) is 32.0 Å². The van der Waals surface area contributed by atoms with E-state index in [0.29, 0.717) is 19.5 Å². The zero-order chi connectivity index (χ0) is 20.1. The fourth-order valence-corrected chi connectivity index (χ4v) is 3.86. The predicted molar refractivity (Wildman–Crippen MR) is 108 cm³/mol. The Morgan fingerprint density at radius 3 is 2.18 bits per heavy atom. The van der Waals surface area contributed by atoms with E-state index in [0.717, 1.165) is 24.9 Å². The van der Waals surface area contributed by atoms with Crippen LogP contribution in [0.15, 0.2) is 42.5 Å². The number of nitrogens with zero attached hydrogens (tertiary/aromatic N) is 2. The van der Waals surface area contributed by atoms with Gasteiger partial charge in [-0.25, -0.2) is 8.78 Å². The zero-order valence-corrected chi connectivity index (χ0v) is 16.6. The molecule has 0 aliphatic carbocycles. The third-order valence-electron chi connectivity index (χ3n) is 5.56. The molecule has 3 nitrogen and oxygen atoms in total. The average molecular weight is 386 g/mol. The number of hydrogen-bond donors (Lipinski definition) is 0. The van der Waals surface area contributed by atoms with Crippen LogP contribution in [-0.2, 0) is 17.8 Å². The van der Waals surface area contributed by atoms with Crippen LogP contribution in [-0.4, -0.2) is 29.9 Å². The standard InChI is InChI=1S/C23H28F2N2O/c1-3-17-8-10-18(11-9-17)27(23(28)4-2)19-12-14-26(15-13-19)16-20-21(24)6-5-7-22(20)25/h5-11,19H,3-4,12-16H2,1-2H3. The summed E-state index contributed by atoms with van der Waals surface area (Å²) in [6.45, 7) is 5.67. The van der Waals surface area contributed by atoms with Crippen LogP contribution < -0.4 is 4.90 Å². The number of aryl methyl sites for hydroxylation is 1. The zero-order valence-electron chi connectivity index (χ0n) is 16.6. The van der Waals surface area contributed by atoms with Crippen molar-refractivity contribution in [2.75, 3.05) is 18.0 Å². The minimum Gasteiger partial charge on any atom is -0.309 e. The summed E-state index contributed by atoms with van der Waals surface area (Å²) in [6.07, 6.45) is 3.00. The minimum atomic E-state index is -0.499. The Morgan fingerprint density at radius 2 is 1.64 bits per heavy atom. The number of anilines is 1. The first-order valence-electron chi connectivity index (χ1n) is 10.1. The molecule has 150 valence electrons. The molecule has 0 N–H and O–H groups in total. The number of carbonyl (C=O) groups is 1. The van der Waals surface area contributed by atoms with E-state index in [2.05, 4.69) is 24.0 Å². The number of carbonyl (C=O) groups excluding carboxylic acids is 1. The summed E-state index contributed by atoms with van der Waals surface area (Å²) in [6, 6.07) is 12.3. The minimum absolute atomic E-state index is 0.113. The third kappa shape index (κ3) is 4.58.